The van der Waals surface area contributed by atoms with Crippen LogP contribution in [0.5, 0.6) is 0 Å². The maximum absolute atomic E-state index is 13.3. The number of aryl methyl sites for hydroxylation is 2. The first-order valence-electron chi connectivity index (χ1n) is 8.98. The molecule has 0 aliphatic carbocycles. The highest BCUT2D eigenvalue weighted by molar-refractivity contribution is 5.94. The summed E-state index contributed by atoms with van der Waals surface area (Å²) in [5.74, 6) is 0.230. The Morgan fingerprint density at radius 2 is 2.11 bits per heavy atom. The third kappa shape index (κ3) is 3.16. The number of aromatic nitrogens is 4. The van der Waals surface area contributed by atoms with E-state index in [-0.39, 0.29) is 23.9 Å². The summed E-state index contributed by atoms with van der Waals surface area (Å²) in [6.45, 7) is 6.03. The monoisotopic (exact) mass is 362 g/mol. The number of pyridine rings is 1. The Morgan fingerprint density at radius 3 is 2.85 bits per heavy atom. The van der Waals surface area contributed by atoms with Crippen molar-refractivity contribution in [2.45, 2.75) is 32.9 Å². The van der Waals surface area contributed by atoms with Crippen molar-refractivity contribution >= 4 is 17.5 Å². The number of fused-ring (bicyclic) bond motifs is 1. The van der Waals surface area contributed by atoms with E-state index in [1.54, 1.807) is 17.1 Å². The highest BCUT2D eigenvalue weighted by Crippen LogP contribution is 2.36. The summed E-state index contributed by atoms with van der Waals surface area (Å²) in [5.41, 5.74) is 3.96. The van der Waals surface area contributed by atoms with E-state index in [2.05, 4.69) is 31.8 Å². The fraction of sp³-hybridized carbons (Fsp3) is 0.300. The van der Waals surface area contributed by atoms with Gasteiger partial charge in [0, 0.05) is 24.1 Å². The predicted octanol–water partition coefficient (Wildman–Crippen LogP) is 2.95. The maximum atomic E-state index is 13.3. The summed E-state index contributed by atoms with van der Waals surface area (Å²) in [6, 6.07) is 9.46. The summed E-state index contributed by atoms with van der Waals surface area (Å²) < 4.78 is 1.77. The van der Waals surface area contributed by atoms with Crippen LogP contribution in [0.4, 0.5) is 11.6 Å². The molecule has 0 saturated carbocycles. The van der Waals surface area contributed by atoms with Crippen LogP contribution >= 0.6 is 0 Å². The molecule has 0 radical (unpaired) electrons. The molecule has 1 aliphatic rings. The lowest BCUT2D eigenvalue weighted by molar-refractivity contribution is -0.121. The number of hydrogen-bond acceptors (Lipinski definition) is 5. The minimum Gasteiger partial charge on any atom is -0.351 e. The second kappa shape index (κ2) is 6.83. The third-order valence-electron chi connectivity index (χ3n) is 5.04. The summed E-state index contributed by atoms with van der Waals surface area (Å²) in [4.78, 5) is 21.8. The van der Waals surface area contributed by atoms with E-state index in [0.717, 1.165) is 16.8 Å². The van der Waals surface area contributed by atoms with Gasteiger partial charge in [0.15, 0.2) is 0 Å². The van der Waals surface area contributed by atoms with Crippen molar-refractivity contribution in [3.8, 4) is 0 Å². The van der Waals surface area contributed by atoms with Crippen molar-refractivity contribution in [1.82, 2.24) is 19.7 Å². The molecule has 1 amide bonds. The summed E-state index contributed by atoms with van der Waals surface area (Å²) in [7, 11) is 0. The molecule has 1 aromatic carbocycles. The maximum Gasteiger partial charge on any atom is 0.232 e. The van der Waals surface area contributed by atoms with Crippen LogP contribution in [0.1, 0.15) is 29.7 Å². The van der Waals surface area contributed by atoms with Crippen molar-refractivity contribution in [1.29, 1.82) is 0 Å². The zero-order valence-corrected chi connectivity index (χ0v) is 15.5. The van der Waals surface area contributed by atoms with Crippen LogP contribution in [0.15, 0.2) is 49.1 Å². The molecule has 0 bridgehead atoms. The number of carbonyl (C=O) groups excluding carboxylic acids is 1. The van der Waals surface area contributed by atoms with Crippen LogP contribution in [0.2, 0.25) is 0 Å². The van der Waals surface area contributed by atoms with Gasteiger partial charge in [-0.15, -0.1) is 0 Å². The molecule has 138 valence electrons. The van der Waals surface area contributed by atoms with E-state index in [9.17, 15) is 4.79 Å². The molecule has 7 nitrogen and oxygen atoms in total. The molecule has 3 heterocycles. The van der Waals surface area contributed by atoms with Crippen LogP contribution in [-0.2, 0) is 4.79 Å². The molecule has 2 aromatic heterocycles. The fourth-order valence-corrected chi connectivity index (χ4v) is 3.72. The van der Waals surface area contributed by atoms with Crippen LogP contribution in [0.25, 0.3) is 0 Å². The molecule has 1 aliphatic heterocycles. The highest BCUT2D eigenvalue weighted by Gasteiger charge is 2.41. The molecule has 0 spiro atoms. The van der Waals surface area contributed by atoms with Crippen LogP contribution in [0.3, 0.4) is 0 Å². The Balaban J connectivity index is 1.71. The fourth-order valence-electron chi connectivity index (χ4n) is 3.72. The highest BCUT2D eigenvalue weighted by atomic mass is 16.2. The smallest absolute Gasteiger partial charge is 0.232 e. The van der Waals surface area contributed by atoms with E-state index in [1.807, 2.05) is 45.0 Å². The minimum atomic E-state index is -0.371. The van der Waals surface area contributed by atoms with Gasteiger partial charge in [0.25, 0.3) is 0 Å². The van der Waals surface area contributed by atoms with Gasteiger partial charge in [-0.2, -0.15) is 10.1 Å². The lowest BCUT2D eigenvalue weighted by Gasteiger charge is -2.36. The van der Waals surface area contributed by atoms with Crippen molar-refractivity contribution < 1.29 is 4.79 Å². The first kappa shape index (κ1) is 17.2. The van der Waals surface area contributed by atoms with Gasteiger partial charge >= 0.3 is 0 Å². The molecule has 4 rings (SSSR count). The molecule has 7 heteroatoms. The van der Waals surface area contributed by atoms with Crippen molar-refractivity contribution in [3.63, 3.8) is 0 Å². The average Bonchev–Trinajstić information content (AvgIpc) is 3.11. The largest absolute Gasteiger partial charge is 0.351 e. The zero-order valence-electron chi connectivity index (χ0n) is 15.5. The number of benzene rings is 1. The standard InChI is InChI=1S/C20H22N6O/c1-12-6-7-16(13(2)9-12)25-19(27)17-14(3)24-20-22-11-23-26(20)18(17)15-5-4-8-21-10-15/h4-11,14,17-18H,1-3H3,(H,25,27)(H,22,23,24)/t14-,17-,18-/m1/s1. The number of nitrogens with zero attached hydrogens (tertiary/aromatic N) is 4. The molecule has 3 aromatic rings. The molecule has 27 heavy (non-hydrogen) atoms. The topological polar surface area (TPSA) is 84.7 Å². The van der Waals surface area contributed by atoms with Gasteiger partial charge in [-0.1, -0.05) is 23.8 Å². The Morgan fingerprint density at radius 1 is 1.26 bits per heavy atom. The van der Waals surface area contributed by atoms with E-state index >= 15 is 0 Å². The SMILES string of the molecule is Cc1ccc(NC(=O)[C@H]2[C@@H](c3cccnc3)n3ncnc3N[C@@H]2C)c(C)c1. The normalized spacial score (nSPS) is 21.2. The Labute approximate surface area is 157 Å². The molecule has 2 N–H and O–H groups in total. The first-order chi connectivity index (χ1) is 13.0. The lowest BCUT2D eigenvalue weighted by atomic mass is 9.86. The number of amides is 1. The molecule has 3 atom stereocenters. The van der Waals surface area contributed by atoms with Gasteiger partial charge in [-0.3, -0.25) is 9.78 Å². The number of hydrogen-bond donors (Lipinski definition) is 2. The second-order valence-electron chi connectivity index (χ2n) is 7.03. The number of carbonyl (C=O) groups is 1. The Hall–Kier alpha value is -3.22. The van der Waals surface area contributed by atoms with Crippen LogP contribution in [-0.4, -0.2) is 31.7 Å². The average molecular weight is 362 g/mol. The minimum absolute atomic E-state index is 0.0584. The number of anilines is 2. The summed E-state index contributed by atoms with van der Waals surface area (Å²) >= 11 is 0. The molecular weight excluding hydrogens is 340 g/mol. The molecule has 0 fully saturated rings. The first-order valence-corrected chi connectivity index (χ1v) is 8.98. The van der Waals surface area contributed by atoms with Crippen molar-refractivity contribution in [2.24, 2.45) is 5.92 Å². The van der Waals surface area contributed by atoms with E-state index in [1.165, 1.54) is 11.9 Å². The Kier molecular flexibility index (Phi) is 4.35. The zero-order chi connectivity index (χ0) is 19.0. The van der Waals surface area contributed by atoms with E-state index in [0.29, 0.717) is 5.95 Å². The van der Waals surface area contributed by atoms with Crippen LogP contribution in [0, 0.1) is 19.8 Å². The quantitative estimate of drug-likeness (QED) is 0.748. The van der Waals surface area contributed by atoms with Gasteiger partial charge in [0.2, 0.25) is 11.9 Å². The van der Waals surface area contributed by atoms with Gasteiger partial charge in [-0.05, 0) is 44.0 Å². The summed E-state index contributed by atoms with van der Waals surface area (Å²) in [5, 5.41) is 10.7. The molecule has 0 unspecified atom stereocenters. The van der Waals surface area contributed by atoms with E-state index < -0.39 is 0 Å². The van der Waals surface area contributed by atoms with Gasteiger partial charge < -0.3 is 10.6 Å². The van der Waals surface area contributed by atoms with Gasteiger partial charge in [-0.25, -0.2) is 4.68 Å². The van der Waals surface area contributed by atoms with Crippen molar-refractivity contribution in [3.05, 3.63) is 65.7 Å². The number of rotatable bonds is 3. The van der Waals surface area contributed by atoms with Gasteiger partial charge in [0.05, 0.1) is 12.0 Å². The van der Waals surface area contributed by atoms with E-state index in [4.69, 9.17) is 0 Å². The second-order valence-corrected chi connectivity index (χ2v) is 7.03. The lowest BCUT2D eigenvalue weighted by Crippen LogP contribution is -2.46. The van der Waals surface area contributed by atoms with Crippen molar-refractivity contribution in [2.75, 3.05) is 10.6 Å². The summed E-state index contributed by atoms with van der Waals surface area (Å²) in [6.07, 6.45) is 5.01. The number of nitrogens with one attached hydrogen (secondary N) is 2. The van der Waals surface area contributed by atoms with Crippen LogP contribution < -0.4 is 10.6 Å². The predicted molar refractivity (Wildman–Crippen MR) is 104 cm³/mol. The Bertz CT molecular complexity index is 968. The van der Waals surface area contributed by atoms with Gasteiger partial charge in [0.1, 0.15) is 6.33 Å². The molecule has 0 saturated heterocycles. The third-order valence-corrected chi connectivity index (χ3v) is 5.04. The molecular formula is C20H22N6O.